The number of hydrogen-bond acceptors (Lipinski definition) is 4. The van der Waals surface area contributed by atoms with Crippen LogP contribution in [0.15, 0.2) is 56.8 Å². The molecule has 0 spiro atoms. The van der Waals surface area contributed by atoms with Crippen molar-refractivity contribution in [1.29, 1.82) is 0 Å². The summed E-state index contributed by atoms with van der Waals surface area (Å²) in [5.41, 5.74) is 1.38. The summed E-state index contributed by atoms with van der Waals surface area (Å²) < 4.78 is 31.4. The number of rotatable bonds is 4. The minimum atomic E-state index is -3.54. The van der Waals surface area contributed by atoms with E-state index in [1.165, 1.54) is 23.5 Å². The number of aromatic nitrogens is 1. The monoisotopic (exact) mass is 521 g/mol. The van der Waals surface area contributed by atoms with Gasteiger partial charge < -0.3 is 4.57 Å². The van der Waals surface area contributed by atoms with E-state index in [-0.39, 0.29) is 10.8 Å². The number of aryl methyl sites for hydroxylation is 1. The zero-order valence-corrected chi connectivity index (χ0v) is 20.5. The summed E-state index contributed by atoms with van der Waals surface area (Å²) in [6, 6.07) is 12.1. The fraction of sp³-hybridized carbons (Fsp3) is 0.364. The van der Waals surface area contributed by atoms with Gasteiger partial charge in [-0.15, -0.1) is 0 Å². The summed E-state index contributed by atoms with van der Waals surface area (Å²) >= 11 is 5.03. The molecule has 1 fully saturated rings. The van der Waals surface area contributed by atoms with Gasteiger partial charge in [0.25, 0.3) is 5.91 Å². The van der Waals surface area contributed by atoms with Crippen molar-refractivity contribution in [2.24, 2.45) is 4.99 Å². The molecular formula is C22H24BrN3O3S2. The number of thiazole rings is 1. The van der Waals surface area contributed by atoms with Crippen molar-refractivity contribution < 1.29 is 13.2 Å². The zero-order valence-electron chi connectivity index (χ0n) is 17.3. The first-order valence-electron chi connectivity index (χ1n) is 10.4. The molecule has 0 N–H and O–H groups in total. The van der Waals surface area contributed by atoms with Crippen LogP contribution in [0.5, 0.6) is 0 Å². The molecule has 164 valence electrons. The van der Waals surface area contributed by atoms with E-state index in [0.29, 0.717) is 30.0 Å². The largest absolute Gasteiger partial charge is 0.316 e. The number of nitrogens with zero attached hydrogens (tertiary/aromatic N) is 3. The molecular weight excluding hydrogens is 498 g/mol. The lowest BCUT2D eigenvalue weighted by Crippen LogP contribution is -2.31. The molecule has 0 atom stereocenters. The number of amides is 1. The third kappa shape index (κ3) is 4.55. The van der Waals surface area contributed by atoms with E-state index in [9.17, 15) is 13.2 Å². The molecule has 0 saturated carbocycles. The normalized spacial score (nSPS) is 16.5. The smallest absolute Gasteiger partial charge is 0.279 e. The van der Waals surface area contributed by atoms with Crippen LogP contribution in [0.1, 0.15) is 43.0 Å². The van der Waals surface area contributed by atoms with E-state index < -0.39 is 10.0 Å². The molecule has 4 rings (SSSR count). The Morgan fingerprint density at radius 3 is 2.39 bits per heavy atom. The van der Waals surface area contributed by atoms with Crippen LogP contribution in [0.3, 0.4) is 0 Å². The number of para-hydroxylation sites is 1. The molecule has 0 bridgehead atoms. The number of sulfonamides is 1. The molecule has 9 heteroatoms. The standard InChI is InChI=1S/C22H24BrN3O3S2/c1-2-26-20-18(23)8-7-9-19(20)30-22(26)24-21(27)16-10-12-17(13-11-16)31(28,29)25-14-5-3-4-6-15-25/h7-13H,2-6,14-15H2,1H3. The number of carbonyl (C=O) groups is 1. The summed E-state index contributed by atoms with van der Waals surface area (Å²) in [5.74, 6) is -0.386. The predicted molar refractivity (Wildman–Crippen MR) is 127 cm³/mol. The molecule has 1 aliphatic heterocycles. The van der Waals surface area contributed by atoms with Gasteiger partial charge in [0.15, 0.2) is 4.80 Å². The molecule has 6 nitrogen and oxygen atoms in total. The Balaban J connectivity index is 1.64. The van der Waals surface area contributed by atoms with Gasteiger partial charge in [-0.1, -0.05) is 30.2 Å². The van der Waals surface area contributed by atoms with Crippen molar-refractivity contribution in [3.63, 3.8) is 0 Å². The highest BCUT2D eigenvalue weighted by Crippen LogP contribution is 2.26. The summed E-state index contributed by atoms with van der Waals surface area (Å²) in [6.07, 6.45) is 3.90. The molecule has 1 amide bonds. The molecule has 0 aliphatic carbocycles. The Morgan fingerprint density at radius 2 is 1.74 bits per heavy atom. The maximum absolute atomic E-state index is 12.9. The van der Waals surface area contributed by atoms with E-state index in [2.05, 4.69) is 20.9 Å². The number of halogens is 1. The summed E-state index contributed by atoms with van der Waals surface area (Å²) in [5, 5.41) is 0. The number of carbonyl (C=O) groups excluding carboxylic acids is 1. The SMILES string of the molecule is CCn1c(=NC(=O)c2ccc(S(=O)(=O)N3CCCCCC3)cc2)sc2cccc(Br)c21. The lowest BCUT2D eigenvalue weighted by Gasteiger charge is -2.19. The predicted octanol–water partition coefficient (Wildman–Crippen LogP) is 4.79. The first-order valence-corrected chi connectivity index (χ1v) is 13.4. The molecule has 2 heterocycles. The van der Waals surface area contributed by atoms with E-state index in [1.54, 1.807) is 16.4 Å². The van der Waals surface area contributed by atoms with Gasteiger partial charge >= 0.3 is 0 Å². The molecule has 0 unspecified atom stereocenters. The first kappa shape index (κ1) is 22.4. The van der Waals surface area contributed by atoms with E-state index in [0.717, 1.165) is 40.4 Å². The average molecular weight is 522 g/mol. The highest BCUT2D eigenvalue weighted by molar-refractivity contribution is 9.10. The third-order valence-corrected chi connectivity index (χ3v) is 9.07. The third-order valence-electron chi connectivity index (χ3n) is 5.47. The van der Waals surface area contributed by atoms with Gasteiger partial charge in [0.1, 0.15) is 0 Å². The lowest BCUT2D eigenvalue weighted by atomic mass is 10.2. The van der Waals surface area contributed by atoms with E-state index in [4.69, 9.17) is 0 Å². The summed E-state index contributed by atoms with van der Waals surface area (Å²) in [6.45, 7) is 3.80. The molecule has 31 heavy (non-hydrogen) atoms. The molecule has 1 aliphatic rings. The molecule has 3 aromatic rings. The Bertz CT molecular complexity index is 1270. The Morgan fingerprint density at radius 1 is 1.06 bits per heavy atom. The van der Waals surface area contributed by atoms with Crippen LogP contribution in [0.2, 0.25) is 0 Å². The van der Waals surface area contributed by atoms with Crippen LogP contribution < -0.4 is 4.80 Å². The van der Waals surface area contributed by atoms with Gasteiger partial charge in [-0.2, -0.15) is 9.30 Å². The van der Waals surface area contributed by atoms with E-state index in [1.807, 2.05) is 29.7 Å². The minimum Gasteiger partial charge on any atom is -0.316 e. The quantitative estimate of drug-likeness (QED) is 0.495. The Kier molecular flexibility index (Phi) is 6.76. The maximum Gasteiger partial charge on any atom is 0.279 e. The van der Waals surface area contributed by atoms with Crippen LogP contribution >= 0.6 is 27.3 Å². The van der Waals surface area contributed by atoms with Gasteiger partial charge in [0, 0.05) is 29.7 Å². The van der Waals surface area contributed by atoms with Crippen LogP contribution in [-0.2, 0) is 16.6 Å². The molecule has 1 saturated heterocycles. The van der Waals surface area contributed by atoms with Crippen molar-refractivity contribution >= 4 is 53.4 Å². The van der Waals surface area contributed by atoms with Gasteiger partial charge in [-0.3, -0.25) is 4.79 Å². The van der Waals surface area contributed by atoms with Crippen LogP contribution in [-0.4, -0.2) is 36.3 Å². The van der Waals surface area contributed by atoms with Crippen LogP contribution in [0.25, 0.3) is 10.2 Å². The number of fused-ring (bicyclic) bond motifs is 1. The van der Waals surface area contributed by atoms with Gasteiger partial charge in [-0.25, -0.2) is 8.42 Å². The van der Waals surface area contributed by atoms with Crippen molar-refractivity contribution in [3.05, 3.63) is 57.3 Å². The summed E-state index contributed by atoms with van der Waals surface area (Å²) in [4.78, 5) is 18.0. The highest BCUT2D eigenvalue weighted by atomic mass is 79.9. The fourth-order valence-electron chi connectivity index (χ4n) is 3.82. The number of hydrogen-bond donors (Lipinski definition) is 0. The maximum atomic E-state index is 12.9. The topological polar surface area (TPSA) is 71.7 Å². The van der Waals surface area contributed by atoms with E-state index >= 15 is 0 Å². The molecule has 1 aromatic heterocycles. The minimum absolute atomic E-state index is 0.223. The Labute approximate surface area is 194 Å². The second-order valence-electron chi connectivity index (χ2n) is 7.48. The second-order valence-corrected chi connectivity index (χ2v) is 11.3. The highest BCUT2D eigenvalue weighted by Gasteiger charge is 2.25. The lowest BCUT2D eigenvalue weighted by molar-refractivity contribution is 0.0997. The Hall–Kier alpha value is -1.81. The molecule has 2 aromatic carbocycles. The fourth-order valence-corrected chi connectivity index (χ4v) is 7.17. The number of benzene rings is 2. The van der Waals surface area contributed by atoms with Crippen molar-refractivity contribution in [3.8, 4) is 0 Å². The van der Waals surface area contributed by atoms with Gasteiger partial charge in [0.2, 0.25) is 10.0 Å². The average Bonchev–Trinajstić information content (AvgIpc) is 2.92. The van der Waals surface area contributed by atoms with Gasteiger partial charge in [-0.05, 0) is 72.1 Å². The summed E-state index contributed by atoms with van der Waals surface area (Å²) in [7, 11) is -3.54. The van der Waals surface area contributed by atoms with Crippen LogP contribution in [0.4, 0.5) is 0 Å². The first-order chi connectivity index (χ1) is 14.9. The zero-order chi connectivity index (χ0) is 22.0. The van der Waals surface area contributed by atoms with Crippen molar-refractivity contribution in [2.75, 3.05) is 13.1 Å². The molecule has 0 radical (unpaired) electrons. The van der Waals surface area contributed by atoms with Crippen molar-refractivity contribution in [2.45, 2.75) is 44.0 Å². The van der Waals surface area contributed by atoms with Gasteiger partial charge in [0.05, 0.1) is 15.1 Å². The van der Waals surface area contributed by atoms with Crippen molar-refractivity contribution in [1.82, 2.24) is 8.87 Å². The van der Waals surface area contributed by atoms with Crippen LogP contribution in [0, 0.1) is 0 Å². The second kappa shape index (κ2) is 9.36.